The number of nitrogens with zero attached hydrogens (tertiary/aromatic N) is 7. The van der Waals surface area contributed by atoms with Crippen LogP contribution < -0.4 is 5.73 Å². The van der Waals surface area contributed by atoms with Crippen LogP contribution in [0.15, 0.2) is 42.9 Å². The summed E-state index contributed by atoms with van der Waals surface area (Å²) in [6.45, 7) is 5.06. The van der Waals surface area contributed by atoms with Crippen LogP contribution in [0.1, 0.15) is 25.8 Å². The number of nitrogens with two attached hydrogens (primary N) is 1. The molecule has 154 valence electrons. The van der Waals surface area contributed by atoms with Crippen LogP contribution in [-0.4, -0.2) is 54.3 Å². The molecule has 1 fully saturated rings. The number of anilines is 1. The first kappa shape index (κ1) is 18.7. The summed E-state index contributed by atoms with van der Waals surface area (Å²) in [6.07, 6.45) is 7.87. The molecule has 0 atom stereocenters. The van der Waals surface area contributed by atoms with Gasteiger partial charge in [0.05, 0.1) is 35.2 Å². The lowest BCUT2D eigenvalue weighted by atomic mass is 10.1. The van der Waals surface area contributed by atoms with Crippen molar-refractivity contribution in [2.24, 2.45) is 0 Å². The summed E-state index contributed by atoms with van der Waals surface area (Å²) in [4.78, 5) is 16.4. The third-order valence-corrected chi connectivity index (χ3v) is 5.94. The number of rotatable bonds is 4. The molecule has 1 saturated heterocycles. The van der Waals surface area contributed by atoms with Gasteiger partial charge in [-0.15, -0.1) is 0 Å². The average molecular weight is 403 g/mol. The van der Waals surface area contributed by atoms with Crippen molar-refractivity contribution in [3.63, 3.8) is 0 Å². The number of aromatic nitrogens is 6. The third kappa shape index (κ3) is 3.23. The molecule has 4 heterocycles. The maximum absolute atomic E-state index is 6.23. The van der Waals surface area contributed by atoms with Crippen LogP contribution in [0, 0.1) is 0 Å². The molecule has 1 aromatic carbocycles. The number of fused-ring (bicyclic) bond motifs is 1. The van der Waals surface area contributed by atoms with Crippen molar-refractivity contribution < 1.29 is 0 Å². The minimum absolute atomic E-state index is 0.381. The number of hydrogen-bond donors (Lipinski definition) is 1. The molecule has 0 radical (unpaired) electrons. The second-order valence-corrected chi connectivity index (χ2v) is 7.90. The summed E-state index contributed by atoms with van der Waals surface area (Å²) in [5.41, 5.74) is 10.5. The Morgan fingerprint density at radius 2 is 1.90 bits per heavy atom. The molecular weight excluding hydrogens is 376 g/mol. The molecule has 8 nitrogen and oxygen atoms in total. The highest BCUT2D eigenvalue weighted by Gasteiger charge is 2.21. The van der Waals surface area contributed by atoms with Gasteiger partial charge in [0, 0.05) is 18.3 Å². The molecule has 5 rings (SSSR count). The monoisotopic (exact) mass is 402 g/mol. The zero-order chi connectivity index (χ0) is 20.7. The fourth-order valence-electron chi connectivity index (χ4n) is 4.21. The van der Waals surface area contributed by atoms with E-state index < -0.39 is 0 Å². The quantitative estimate of drug-likeness (QED) is 0.564. The molecule has 3 aromatic heterocycles. The number of hydrogen-bond acceptors (Lipinski definition) is 6. The minimum atomic E-state index is 0.381. The van der Waals surface area contributed by atoms with Gasteiger partial charge in [-0.3, -0.25) is 4.68 Å². The first-order valence-corrected chi connectivity index (χ1v) is 10.4. The molecule has 0 aliphatic carbocycles. The molecule has 1 aliphatic rings. The number of aryl methyl sites for hydroxylation is 1. The van der Waals surface area contributed by atoms with E-state index in [1.807, 2.05) is 24.4 Å². The van der Waals surface area contributed by atoms with Crippen LogP contribution in [0.2, 0.25) is 0 Å². The van der Waals surface area contributed by atoms with Gasteiger partial charge in [0.15, 0.2) is 11.6 Å². The van der Waals surface area contributed by atoms with Gasteiger partial charge in [-0.05, 0) is 52.0 Å². The SMILES string of the molecule is CCn1c(-c2nc(-c3cnn(C4CCN(C)CC4)c3)cnc2N)nc2ccccc21. The van der Waals surface area contributed by atoms with Crippen molar-refractivity contribution in [1.29, 1.82) is 0 Å². The van der Waals surface area contributed by atoms with Crippen LogP contribution in [0.5, 0.6) is 0 Å². The second-order valence-electron chi connectivity index (χ2n) is 7.90. The number of para-hydroxylation sites is 2. The Balaban J connectivity index is 1.52. The van der Waals surface area contributed by atoms with Crippen molar-refractivity contribution in [2.75, 3.05) is 25.9 Å². The van der Waals surface area contributed by atoms with Gasteiger partial charge >= 0.3 is 0 Å². The van der Waals surface area contributed by atoms with E-state index in [1.165, 1.54) is 0 Å². The molecule has 0 spiro atoms. The Kier molecular flexibility index (Phi) is 4.71. The summed E-state index contributed by atoms with van der Waals surface area (Å²) in [5.74, 6) is 1.12. The zero-order valence-corrected chi connectivity index (χ0v) is 17.4. The highest BCUT2D eigenvalue weighted by Crippen LogP contribution is 2.29. The molecule has 0 saturated carbocycles. The fourth-order valence-corrected chi connectivity index (χ4v) is 4.21. The first-order chi connectivity index (χ1) is 14.6. The van der Waals surface area contributed by atoms with Crippen molar-refractivity contribution in [3.05, 3.63) is 42.9 Å². The number of likely N-dealkylation sites (tertiary alicyclic amines) is 1. The fraction of sp³-hybridized carbons (Fsp3) is 0.364. The zero-order valence-electron chi connectivity index (χ0n) is 17.4. The molecular formula is C22H26N8. The molecule has 2 N–H and O–H groups in total. The molecule has 30 heavy (non-hydrogen) atoms. The van der Waals surface area contributed by atoms with Crippen LogP contribution >= 0.6 is 0 Å². The maximum Gasteiger partial charge on any atom is 0.163 e. The second kappa shape index (κ2) is 7.53. The maximum atomic E-state index is 6.23. The van der Waals surface area contributed by atoms with Gasteiger partial charge in [0.1, 0.15) is 5.69 Å². The standard InChI is InChI=1S/C22H26N8/c1-3-29-19-7-5-4-6-17(19)27-22(29)20-21(23)24-13-18(26-20)15-12-25-30(14-15)16-8-10-28(2)11-9-16/h4-7,12-14,16H,3,8-11H2,1-2H3,(H2,23,24). The van der Waals surface area contributed by atoms with E-state index in [-0.39, 0.29) is 0 Å². The lowest BCUT2D eigenvalue weighted by Gasteiger charge is -2.28. The highest BCUT2D eigenvalue weighted by atomic mass is 15.3. The molecule has 1 aliphatic heterocycles. The Morgan fingerprint density at radius 1 is 1.10 bits per heavy atom. The summed E-state index contributed by atoms with van der Waals surface area (Å²) in [6, 6.07) is 8.50. The molecule has 8 heteroatoms. The molecule has 0 unspecified atom stereocenters. The normalized spacial score (nSPS) is 15.8. The van der Waals surface area contributed by atoms with Crippen LogP contribution in [0.3, 0.4) is 0 Å². The molecule has 0 amide bonds. The topological polar surface area (TPSA) is 90.7 Å². The number of piperidine rings is 1. The predicted molar refractivity (Wildman–Crippen MR) is 118 cm³/mol. The van der Waals surface area contributed by atoms with E-state index in [0.29, 0.717) is 17.6 Å². The van der Waals surface area contributed by atoms with E-state index in [2.05, 4.69) is 50.5 Å². The van der Waals surface area contributed by atoms with Crippen molar-refractivity contribution in [1.82, 2.24) is 34.2 Å². The number of nitrogen functional groups attached to an aromatic ring is 1. The average Bonchev–Trinajstić information content (AvgIpc) is 3.39. The number of imidazole rings is 1. The van der Waals surface area contributed by atoms with Crippen LogP contribution in [-0.2, 0) is 6.54 Å². The largest absolute Gasteiger partial charge is 0.382 e. The smallest absolute Gasteiger partial charge is 0.163 e. The van der Waals surface area contributed by atoms with Crippen LogP contribution in [0.25, 0.3) is 33.8 Å². The first-order valence-electron chi connectivity index (χ1n) is 10.4. The summed E-state index contributed by atoms with van der Waals surface area (Å²) < 4.78 is 4.20. The Bertz CT molecular complexity index is 1180. The van der Waals surface area contributed by atoms with Gasteiger partial charge in [0.25, 0.3) is 0 Å². The van der Waals surface area contributed by atoms with Gasteiger partial charge < -0.3 is 15.2 Å². The van der Waals surface area contributed by atoms with Gasteiger partial charge in [-0.25, -0.2) is 15.0 Å². The van der Waals surface area contributed by atoms with Gasteiger partial charge in [-0.2, -0.15) is 5.10 Å². The van der Waals surface area contributed by atoms with Crippen LogP contribution in [0.4, 0.5) is 5.82 Å². The Labute approximate surface area is 175 Å². The van der Waals surface area contributed by atoms with E-state index in [1.54, 1.807) is 6.20 Å². The predicted octanol–water partition coefficient (Wildman–Crippen LogP) is 3.23. The van der Waals surface area contributed by atoms with Gasteiger partial charge in [0.2, 0.25) is 0 Å². The highest BCUT2D eigenvalue weighted by molar-refractivity contribution is 5.82. The Hall–Kier alpha value is -3.26. The van der Waals surface area contributed by atoms with Crippen molar-refractivity contribution in [3.8, 4) is 22.8 Å². The third-order valence-electron chi connectivity index (χ3n) is 5.94. The van der Waals surface area contributed by atoms with Crippen molar-refractivity contribution in [2.45, 2.75) is 32.4 Å². The summed E-state index contributed by atoms with van der Waals surface area (Å²) in [7, 11) is 2.17. The lowest BCUT2D eigenvalue weighted by molar-refractivity contribution is 0.212. The minimum Gasteiger partial charge on any atom is -0.382 e. The van der Waals surface area contributed by atoms with Gasteiger partial charge in [-0.1, -0.05) is 12.1 Å². The number of benzene rings is 1. The van der Waals surface area contributed by atoms with E-state index in [9.17, 15) is 0 Å². The van der Waals surface area contributed by atoms with E-state index in [4.69, 9.17) is 15.7 Å². The summed E-state index contributed by atoms with van der Waals surface area (Å²) in [5, 5.41) is 4.61. The Morgan fingerprint density at radius 3 is 2.70 bits per heavy atom. The molecule has 0 bridgehead atoms. The van der Waals surface area contributed by atoms with Crippen molar-refractivity contribution >= 4 is 16.9 Å². The lowest BCUT2D eigenvalue weighted by Crippen LogP contribution is -2.31. The van der Waals surface area contributed by atoms with E-state index in [0.717, 1.165) is 60.6 Å². The summed E-state index contributed by atoms with van der Waals surface area (Å²) >= 11 is 0. The molecule has 4 aromatic rings. The van der Waals surface area contributed by atoms with E-state index >= 15 is 0 Å².